The van der Waals surface area contributed by atoms with Crippen LogP contribution in [0.1, 0.15) is 38.8 Å². The summed E-state index contributed by atoms with van der Waals surface area (Å²) in [5, 5.41) is 4.50. The van der Waals surface area contributed by atoms with Crippen molar-refractivity contribution in [1.82, 2.24) is 9.78 Å². The molecule has 4 heteroatoms. The quantitative estimate of drug-likeness (QED) is 0.876. The van der Waals surface area contributed by atoms with Crippen LogP contribution in [0.3, 0.4) is 0 Å². The van der Waals surface area contributed by atoms with Crippen LogP contribution in [0.25, 0.3) is 0 Å². The Hall–Kier alpha value is -1.19. The smallest absolute Gasteiger partial charge is 0.150 e. The molecule has 0 aromatic carbocycles. The Morgan fingerprint density at radius 2 is 2.18 bits per heavy atom. The van der Waals surface area contributed by atoms with Crippen molar-refractivity contribution in [2.75, 3.05) is 23.7 Å². The van der Waals surface area contributed by atoms with Gasteiger partial charge in [0.1, 0.15) is 0 Å². The van der Waals surface area contributed by atoms with Gasteiger partial charge in [-0.15, -0.1) is 0 Å². The second kappa shape index (κ2) is 4.98. The molecular weight excluding hydrogens is 212 g/mol. The van der Waals surface area contributed by atoms with Crippen LogP contribution in [0.5, 0.6) is 0 Å². The average Bonchev–Trinajstić information content (AvgIpc) is 2.65. The normalized spacial score (nSPS) is 20.9. The molecule has 17 heavy (non-hydrogen) atoms. The van der Waals surface area contributed by atoms with Crippen molar-refractivity contribution < 1.29 is 0 Å². The maximum absolute atomic E-state index is 6.17. The van der Waals surface area contributed by atoms with Gasteiger partial charge in [-0.3, -0.25) is 0 Å². The van der Waals surface area contributed by atoms with Crippen molar-refractivity contribution in [3.05, 3.63) is 5.69 Å². The van der Waals surface area contributed by atoms with Crippen LogP contribution in [0.15, 0.2) is 0 Å². The van der Waals surface area contributed by atoms with Crippen molar-refractivity contribution in [2.24, 2.45) is 5.92 Å². The lowest BCUT2D eigenvalue weighted by atomic mass is 9.95. The molecule has 1 fully saturated rings. The number of hydrogen-bond acceptors (Lipinski definition) is 3. The van der Waals surface area contributed by atoms with Crippen molar-refractivity contribution in [2.45, 2.75) is 46.6 Å². The molecule has 0 amide bonds. The first-order chi connectivity index (χ1) is 8.17. The molecule has 1 saturated heterocycles. The number of nitrogens with two attached hydrogens (primary N) is 1. The maximum Gasteiger partial charge on any atom is 0.150 e. The van der Waals surface area contributed by atoms with Crippen LogP contribution in [0.2, 0.25) is 0 Å². The van der Waals surface area contributed by atoms with E-state index in [9.17, 15) is 0 Å². The summed E-state index contributed by atoms with van der Waals surface area (Å²) in [6.07, 6.45) is 3.88. The van der Waals surface area contributed by atoms with Gasteiger partial charge in [-0.05, 0) is 32.6 Å². The Morgan fingerprint density at radius 3 is 2.82 bits per heavy atom. The lowest BCUT2D eigenvalue weighted by molar-refractivity contribution is 0.399. The van der Waals surface area contributed by atoms with Crippen molar-refractivity contribution in [3.8, 4) is 0 Å². The van der Waals surface area contributed by atoms with Gasteiger partial charge in [-0.2, -0.15) is 5.10 Å². The Morgan fingerprint density at radius 1 is 1.41 bits per heavy atom. The standard InChI is InChI=1S/C13H24N4/c1-4-11-7-6-8-16(9-11)13-12(14)10(3)15-17(13)5-2/h11H,4-9,14H2,1-3H3. The highest BCUT2D eigenvalue weighted by atomic mass is 15.4. The SMILES string of the molecule is CCC1CCCN(c2c(N)c(C)nn2CC)C1. The third kappa shape index (κ3) is 2.26. The number of aryl methyl sites for hydroxylation is 2. The fourth-order valence-electron chi connectivity index (χ4n) is 2.73. The number of nitrogen functional groups attached to an aromatic ring is 1. The van der Waals surface area contributed by atoms with Crippen LogP contribution >= 0.6 is 0 Å². The molecule has 4 nitrogen and oxygen atoms in total. The zero-order valence-corrected chi connectivity index (χ0v) is 11.2. The van der Waals surface area contributed by atoms with Gasteiger partial charge in [-0.25, -0.2) is 4.68 Å². The molecule has 1 aromatic rings. The summed E-state index contributed by atoms with van der Waals surface area (Å²) in [5.74, 6) is 1.95. The van der Waals surface area contributed by atoms with Gasteiger partial charge in [0.25, 0.3) is 0 Å². The summed E-state index contributed by atoms with van der Waals surface area (Å²) < 4.78 is 2.04. The highest BCUT2D eigenvalue weighted by Crippen LogP contribution is 2.31. The van der Waals surface area contributed by atoms with Crippen LogP contribution in [0, 0.1) is 12.8 Å². The van der Waals surface area contributed by atoms with Gasteiger partial charge in [0.2, 0.25) is 0 Å². The minimum absolute atomic E-state index is 0.809. The molecule has 1 unspecified atom stereocenters. The molecule has 96 valence electrons. The van der Waals surface area contributed by atoms with Gasteiger partial charge in [-0.1, -0.05) is 13.3 Å². The number of nitrogens with zero attached hydrogens (tertiary/aromatic N) is 3. The molecule has 2 heterocycles. The summed E-state index contributed by atoms with van der Waals surface area (Å²) in [4.78, 5) is 2.43. The van der Waals surface area contributed by atoms with E-state index in [-0.39, 0.29) is 0 Å². The van der Waals surface area contributed by atoms with Crippen LogP contribution in [-0.2, 0) is 6.54 Å². The highest BCUT2D eigenvalue weighted by molar-refractivity contribution is 5.66. The first kappa shape index (κ1) is 12.3. The van der Waals surface area contributed by atoms with Crippen molar-refractivity contribution >= 4 is 11.5 Å². The molecule has 2 rings (SSSR count). The molecule has 0 spiro atoms. The largest absolute Gasteiger partial charge is 0.394 e. The van der Waals surface area contributed by atoms with E-state index in [4.69, 9.17) is 5.73 Å². The molecule has 1 atom stereocenters. The van der Waals surface area contributed by atoms with E-state index in [0.29, 0.717) is 0 Å². The monoisotopic (exact) mass is 236 g/mol. The molecular formula is C13H24N4. The van der Waals surface area contributed by atoms with E-state index in [0.717, 1.165) is 42.8 Å². The van der Waals surface area contributed by atoms with E-state index >= 15 is 0 Å². The Balaban J connectivity index is 2.26. The summed E-state index contributed by atoms with van der Waals surface area (Å²) >= 11 is 0. The van der Waals surface area contributed by atoms with Crippen LogP contribution < -0.4 is 10.6 Å². The minimum Gasteiger partial charge on any atom is -0.394 e. The average molecular weight is 236 g/mol. The maximum atomic E-state index is 6.17. The fourth-order valence-corrected chi connectivity index (χ4v) is 2.73. The van der Waals surface area contributed by atoms with E-state index in [1.165, 1.54) is 19.3 Å². The lowest BCUT2D eigenvalue weighted by Gasteiger charge is -2.34. The lowest BCUT2D eigenvalue weighted by Crippen LogP contribution is -2.37. The predicted octanol–water partition coefficient (Wildman–Crippen LogP) is 2.42. The third-order valence-electron chi connectivity index (χ3n) is 3.84. The number of hydrogen-bond donors (Lipinski definition) is 1. The summed E-state index contributed by atoms with van der Waals surface area (Å²) in [6, 6.07) is 0. The first-order valence-electron chi connectivity index (χ1n) is 6.75. The number of aromatic nitrogens is 2. The minimum atomic E-state index is 0.809. The van der Waals surface area contributed by atoms with Gasteiger partial charge in [0.05, 0.1) is 11.4 Å². The second-order valence-electron chi connectivity index (χ2n) is 5.00. The second-order valence-corrected chi connectivity index (χ2v) is 5.00. The van der Waals surface area contributed by atoms with Gasteiger partial charge < -0.3 is 10.6 Å². The molecule has 2 N–H and O–H groups in total. The van der Waals surface area contributed by atoms with Crippen LogP contribution in [-0.4, -0.2) is 22.9 Å². The highest BCUT2D eigenvalue weighted by Gasteiger charge is 2.24. The number of piperidine rings is 1. The molecule has 0 radical (unpaired) electrons. The van der Waals surface area contributed by atoms with Crippen molar-refractivity contribution in [1.29, 1.82) is 0 Å². The Kier molecular flexibility index (Phi) is 3.60. The van der Waals surface area contributed by atoms with Gasteiger partial charge in [0, 0.05) is 19.6 Å². The summed E-state index contributed by atoms with van der Waals surface area (Å²) in [7, 11) is 0. The molecule has 0 saturated carbocycles. The topological polar surface area (TPSA) is 47.1 Å². The van der Waals surface area contributed by atoms with Crippen molar-refractivity contribution in [3.63, 3.8) is 0 Å². The van der Waals surface area contributed by atoms with Crippen LogP contribution in [0.4, 0.5) is 11.5 Å². The molecule has 0 aliphatic carbocycles. The predicted molar refractivity (Wildman–Crippen MR) is 72.3 cm³/mol. The van der Waals surface area contributed by atoms with E-state index < -0.39 is 0 Å². The fraction of sp³-hybridized carbons (Fsp3) is 0.769. The summed E-state index contributed by atoms with van der Waals surface area (Å²) in [6.45, 7) is 9.53. The van der Waals surface area contributed by atoms with Gasteiger partial charge in [0.15, 0.2) is 5.82 Å². The Bertz CT molecular complexity index is 383. The number of rotatable bonds is 3. The summed E-state index contributed by atoms with van der Waals surface area (Å²) in [5.41, 5.74) is 7.99. The first-order valence-corrected chi connectivity index (χ1v) is 6.75. The van der Waals surface area contributed by atoms with E-state index in [1.54, 1.807) is 0 Å². The number of anilines is 2. The molecule has 0 bridgehead atoms. The zero-order chi connectivity index (χ0) is 12.4. The molecule has 1 aliphatic heterocycles. The van der Waals surface area contributed by atoms with Gasteiger partial charge >= 0.3 is 0 Å². The third-order valence-corrected chi connectivity index (χ3v) is 3.84. The Labute approximate surface area is 104 Å². The molecule has 1 aromatic heterocycles. The zero-order valence-electron chi connectivity index (χ0n) is 11.2. The van der Waals surface area contributed by atoms with E-state index in [1.807, 2.05) is 11.6 Å². The molecule has 1 aliphatic rings. The van der Waals surface area contributed by atoms with E-state index in [2.05, 4.69) is 23.8 Å².